The van der Waals surface area contributed by atoms with Crippen molar-refractivity contribution >= 4 is 50.9 Å². The van der Waals surface area contributed by atoms with E-state index in [9.17, 15) is 9.59 Å². The molecule has 0 aliphatic rings. The summed E-state index contributed by atoms with van der Waals surface area (Å²) in [5, 5.41) is 3.76. The van der Waals surface area contributed by atoms with Crippen LogP contribution >= 0.6 is 39.1 Å². The number of nitrogens with one attached hydrogen (secondary N) is 1. The molecule has 0 aliphatic carbocycles. The van der Waals surface area contributed by atoms with Crippen LogP contribution in [-0.2, 0) is 22.6 Å². The molecule has 0 fully saturated rings. The number of benzene rings is 3. The summed E-state index contributed by atoms with van der Waals surface area (Å²) in [6, 6.07) is 21.2. The third-order valence-corrected chi connectivity index (χ3v) is 6.48. The van der Waals surface area contributed by atoms with E-state index in [-0.39, 0.29) is 31.0 Å². The lowest BCUT2D eigenvalue weighted by atomic mass is 10.0. The fourth-order valence-corrected chi connectivity index (χ4v) is 4.11. The van der Waals surface area contributed by atoms with Crippen molar-refractivity contribution in [3.05, 3.63) is 98.4 Å². The van der Waals surface area contributed by atoms with E-state index in [2.05, 4.69) is 21.2 Å². The Balaban J connectivity index is 1.92. The zero-order valence-electron chi connectivity index (χ0n) is 19.5. The van der Waals surface area contributed by atoms with E-state index in [1.165, 1.54) is 0 Å². The Morgan fingerprint density at radius 1 is 0.943 bits per heavy atom. The summed E-state index contributed by atoms with van der Waals surface area (Å²) in [7, 11) is 0. The molecule has 0 bridgehead atoms. The summed E-state index contributed by atoms with van der Waals surface area (Å²) in [6.45, 7) is 3.73. The van der Waals surface area contributed by atoms with Gasteiger partial charge in [0.1, 0.15) is 11.8 Å². The van der Waals surface area contributed by atoms with E-state index in [4.69, 9.17) is 27.9 Å². The maximum atomic E-state index is 13.5. The highest BCUT2D eigenvalue weighted by Gasteiger charge is 2.31. The highest BCUT2D eigenvalue weighted by molar-refractivity contribution is 9.10. The van der Waals surface area contributed by atoms with E-state index in [0.717, 1.165) is 15.6 Å². The van der Waals surface area contributed by atoms with Gasteiger partial charge in [-0.1, -0.05) is 75.5 Å². The molecule has 1 N–H and O–H groups in total. The fraction of sp³-hybridized carbons (Fsp3) is 0.259. The van der Waals surface area contributed by atoms with Crippen molar-refractivity contribution in [2.45, 2.75) is 38.9 Å². The minimum Gasteiger partial charge on any atom is -0.484 e. The number of amides is 2. The number of halogens is 3. The van der Waals surface area contributed by atoms with Crippen molar-refractivity contribution in [2.75, 3.05) is 6.61 Å². The number of nitrogens with zero attached hydrogens (tertiary/aromatic N) is 1. The Hall–Kier alpha value is -2.54. The van der Waals surface area contributed by atoms with Gasteiger partial charge in [-0.3, -0.25) is 9.59 Å². The normalized spacial score (nSPS) is 11.7. The first-order valence-electron chi connectivity index (χ1n) is 11.2. The lowest BCUT2D eigenvalue weighted by Crippen LogP contribution is -2.52. The van der Waals surface area contributed by atoms with Crippen LogP contribution in [-0.4, -0.2) is 35.4 Å². The van der Waals surface area contributed by atoms with Crippen molar-refractivity contribution in [1.82, 2.24) is 10.2 Å². The molecular weight excluding hydrogens is 551 g/mol. The smallest absolute Gasteiger partial charge is 0.261 e. The summed E-state index contributed by atoms with van der Waals surface area (Å²) < 4.78 is 6.66. The summed E-state index contributed by atoms with van der Waals surface area (Å²) >= 11 is 15.7. The minimum atomic E-state index is -0.754. The first kappa shape index (κ1) is 27.1. The van der Waals surface area contributed by atoms with Crippen molar-refractivity contribution in [3.8, 4) is 5.75 Å². The van der Waals surface area contributed by atoms with Crippen LogP contribution in [0.25, 0.3) is 0 Å². The van der Waals surface area contributed by atoms with E-state index in [0.29, 0.717) is 22.2 Å². The van der Waals surface area contributed by atoms with Gasteiger partial charge < -0.3 is 15.0 Å². The Morgan fingerprint density at radius 2 is 1.63 bits per heavy atom. The van der Waals surface area contributed by atoms with Crippen LogP contribution in [0.15, 0.2) is 77.3 Å². The standard InChI is InChI=1S/C27H27BrCl2N2O3/c1-18(2)31-27(34)25(15-19-6-4-3-5-7-19)32(16-20-8-13-23(29)24(30)14-20)26(33)17-35-22-11-9-21(28)10-12-22/h3-14,18,25H,15-17H2,1-2H3,(H,31,34)/t25-/m0/s1. The summed E-state index contributed by atoms with van der Waals surface area (Å²) in [5.41, 5.74) is 1.70. The maximum absolute atomic E-state index is 13.5. The summed E-state index contributed by atoms with van der Waals surface area (Å²) in [5.74, 6) is 0.00186. The molecule has 0 radical (unpaired) electrons. The first-order chi connectivity index (χ1) is 16.7. The highest BCUT2D eigenvalue weighted by atomic mass is 79.9. The summed E-state index contributed by atoms with van der Waals surface area (Å²) in [6.07, 6.45) is 0.352. The largest absolute Gasteiger partial charge is 0.484 e. The Labute approximate surface area is 224 Å². The Morgan fingerprint density at radius 3 is 2.26 bits per heavy atom. The van der Waals surface area contributed by atoms with Gasteiger partial charge in [0.15, 0.2) is 6.61 Å². The third-order valence-electron chi connectivity index (χ3n) is 5.21. The second kappa shape index (κ2) is 13.0. The number of carbonyl (C=O) groups is 2. The molecule has 1 atom stereocenters. The zero-order valence-corrected chi connectivity index (χ0v) is 22.6. The average Bonchev–Trinajstić information content (AvgIpc) is 2.83. The highest BCUT2D eigenvalue weighted by Crippen LogP contribution is 2.24. The molecule has 2 amide bonds. The predicted octanol–water partition coefficient (Wildman–Crippen LogP) is 6.30. The van der Waals surface area contributed by atoms with Gasteiger partial charge in [-0.15, -0.1) is 0 Å². The van der Waals surface area contributed by atoms with Gasteiger partial charge in [0.2, 0.25) is 5.91 Å². The van der Waals surface area contributed by atoms with Crippen LogP contribution in [0.5, 0.6) is 5.75 Å². The molecule has 0 spiro atoms. The molecule has 35 heavy (non-hydrogen) atoms. The van der Waals surface area contributed by atoms with E-state index in [1.54, 1.807) is 35.2 Å². The first-order valence-corrected chi connectivity index (χ1v) is 12.7. The molecule has 0 unspecified atom stereocenters. The number of ether oxygens (including phenoxy) is 1. The van der Waals surface area contributed by atoms with Gasteiger partial charge in [0.25, 0.3) is 5.91 Å². The maximum Gasteiger partial charge on any atom is 0.261 e. The molecule has 3 aromatic rings. The number of hydrogen-bond donors (Lipinski definition) is 1. The topological polar surface area (TPSA) is 58.6 Å². The van der Waals surface area contributed by atoms with Gasteiger partial charge in [0.05, 0.1) is 10.0 Å². The lowest BCUT2D eigenvalue weighted by molar-refractivity contribution is -0.143. The van der Waals surface area contributed by atoms with Crippen LogP contribution in [0.3, 0.4) is 0 Å². The molecule has 3 aromatic carbocycles. The van der Waals surface area contributed by atoms with E-state index < -0.39 is 6.04 Å². The van der Waals surface area contributed by atoms with Gasteiger partial charge >= 0.3 is 0 Å². The fourth-order valence-electron chi connectivity index (χ4n) is 3.53. The molecule has 0 heterocycles. The molecule has 0 aliphatic heterocycles. The average molecular weight is 578 g/mol. The van der Waals surface area contributed by atoms with Crippen LogP contribution in [0.2, 0.25) is 10.0 Å². The zero-order chi connectivity index (χ0) is 25.4. The van der Waals surface area contributed by atoms with Gasteiger partial charge in [-0.05, 0) is 61.4 Å². The molecule has 0 saturated carbocycles. The predicted molar refractivity (Wildman–Crippen MR) is 144 cm³/mol. The monoisotopic (exact) mass is 576 g/mol. The van der Waals surface area contributed by atoms with Crippen LogP contribution in [0.1, 0.15) is 25.0 Å². The van der Waals surface area contributed by atoms with Crippen molar-refractivity contribution in [1.29, 1.82) is 0 Å². The van der Waals surface area contributed by atoms with Crippen molar-refractivity contribution in [3.63, 3.8) is 0 Å². The third kappa shape index (κ3) is 8.27. The van der Waals surface area contributed by atoms with Gasteiger partial charge in [-0.25, -0.2) is 0 Å². The second-order valence-corrected chi connectivity index (χ2v) is 10.1. The second-order valence-electron chi connectivity index (χ2n) is 8.38. The molecular formula is C27H27BrCl2N2O3. The van der Waals surface area contributed by atoms with Crippen LogP contribution in [0.4, 0.5) is 0 Å². The SMILES string of the molecule is CC(C)NC(=O)[C@H](Cc1ccccc1)N(Cc1ccc(Cl)c(Cl)c1)C(=O)COc1ccc(Br)cc1. The van der Waals surface area contributed by atoms with Crippen molar-refractivity contribution in [2.24, 2.45) is 0 Å². The van der Waals surface area contributed by atoms with Crippen LogP contribution < -0.4 is 10.1 Å². The molecule has 184 valence electrons. The lowest BCUT2D eigenvalue weighted by Gasteiger charge is -2.32. The Bertz CT molecular complexity index is 1140. The molecule has 8 heteroatoms. The quantitative estimate of drug-likeness (QED) is 0.308. The molecule has 0 aromatic heterocycles. The van der Waals surface area contributed by atoms with E-state index in [1.807, 2.05) is 56.3 Å². The van der Waals surface area contributed by atoms with E-state index >= 15 is 0 Å². The minimum absolute atomic E-state index is 0.0817. The molecule has 3 rings (SSSR count). The number of hydrogen-bond acceptors (Lipinski definition) is 3. The van der Waals surface area contributed by atoms with Gasteiger partial charge in [-0.2, -0.15) is 0 Å². The van der Waals surface area contributed by atoms with Gasteiger partial charge in [0, 0.05) is 23.5 Å². The molecule has 5 nitrogen and oxygen atoms in total. The molecule has 0 saturated heterocycles. The number of rotatable bonds is 10. The summed E-state index contributed by atoms with van der Waals surface area (Å²) in [4.78, 5) is 28.4. The van der Waals surface area contributed by atoms with Crippen molar-refractivity contribution < 1.29 is 14.3 Å². The van der Waals surface area contributed by atoms with Crippen LogP contribution in [0, 0.1) is 0 Å². The Kier molecular flexibility index (Phi) is 10.0. The number of carbonyl (C=O) groups excluding carboxylic acids is 2.